The molecule has 3 rings (SSSR count). The summed E-state index contributed by atoms with van der Waals surface area (Å²) in [7, 11) is 0. The summed E-state index contributed by atoms with van der Waals surface area (Å²) in [5.74, 6) is 0.0848. The van der Waals surface area contributed by atoms with Crippen LogP contribution in [0.5, 0.6) is 0 Å². The Kier molecular flexibility index (Phi) is 5.66. The molecule has 0 bridgehead atoms. The van der Waals surface area contributed by atoms with E-state index < -0.39 is 0 Å². The maximum absolute atomic E-state index is 12.8. The second-order valence-corrected chi connectivity index (χ2v) is 6.39. The first-order valence-electron chi connectivity index (χ1n) is 9.02. The lowest BCUT2D eigenvalue weighted by atomic mass is 10.2. The van der Waals surface area contributed by atoms with E-state index in [1.54, 1.807) is 30.3 Å². The molecule has 0 fully saturated rings. The van der Waals surface area contributed by atoms with Gasteiger partial charge in [-0.1, -0.05) is 24.3 Å². The Labute approximate surface area is 164 Å². The average Bonchev–Trinajstić information content (AvgIpc) is 2.68. The molecule has 0 radical (unpaired) electrons. The van der Waals surface area contributed by atoms with E-state index >= 15 is 0 Å². The van der Waals surface area contributed by atoms with Gasteiger partial charge in [-0.3, -0.25) is 4.79 Å². The van der Waals surface area contributed by atoms with Crippen LogP contribution in [0, 0.1) is 25.2 Å². The van der Waals surface area contributed by atoms with Crippen LogP contribution >= 0.6 is 0 Å². The molecule has 1 heterocycles. The SMILES string of the molecule is CCN(c1cccc(C)c1)c1nc(C)cc(C(=O)Nc2ccccc2C#N)n1. The number of nitrogens with one attached hydrogen (secondary N) is 1. The summed E-state index contributed by atoms with van der Waals surface area (Å²) >= 11 is 0. The summed E-state index contributed by atoms with van der Waals surface area (Å²) in [4.78, 5) is 23.7. The molecular weight excluding hydrogens is 350 g/mol. The first-order valence-corrected chi connectivity index (χ1v) is 9.02. The van der Waals surface area contributed by atoms with Crippen LogP contribution in [-0.4, -0.2) is 22.4 Å². The summed E-state index contributed by atoms with van der Waals surface area (Å²) in [5.41, 5.74) is 3.90. The predicted molar refractivity (Wildman–Crippen MR) is 110 cm³/mol. The summed E-state index contributed by atoms with van der Waals surface area (Å²) in [6.45, 7) is 6.53. The second-order valence-electron chi connectivity index (χ2n) is 6.39. The molecule has 0 atom stereocenters. The van der Waals surface area contributed by atoms with Gasteiger partial charge in [-0.25, -0.2) is 9.97 Å². The second kappa shape index (κ2) is 8.31. The molecule has 2 aromatic carbocycles. The number of rotatable bonds is 5. The molecular formula is C22H21N5O. The number of hydrogen-bond acceptors (Lipinski definition) is 5. The molecule has 6 nitrogen and oxygen atoms in total. The zero-order valence-electron chi connectivity index (χ0n) is 16.1. The zero-order valence-corrected chi connectivity index (χ0v) is 16.1. The molecule has 0 aliphatic carbocycles. The predicted octanol–water partition coefficient (Wildman–Crippen LogP) is 4.38. The normalized spacial score (nSPS) is 10.2. The van der Waals surface area contributed by atoms with E-state index in [0.29, 0.717) is 29.4 Å². The molecule has 1 aromatic heterocycles. The number of anilines is 3. The summed E-state index contributed by atoms with van der Waals surface area (Å²) in [5, 5.41) is 12.0. The van der Waals surface area contributed by atoms with Crippen molar-refractivity contribution in [2.24, 2.45) is 0 Å². The Morgan fingerprint density at radius 3 is 2.61 bits per heavy atom. The third kappa shape index (κ3) is 4.15. The van der Waals surface area contributed by atoms with E-state index in [9.17, 15) is 10.1 Å². The monoisotopic (exact) mass is 371 g/mol. The van der Waals surface area contributed by atoms with E-state index in [2.05, 4.69) is 27.4 Å². The molecule has 1 amide bonds. The summed E-state index contributed by atoms with van der Waals surface area (Å²) < 4.78 is 0. The first kappa shape index (κ1) is 19.1. The van der Waals surface area contributed by atoms with Gasteiger partial charge in [0.15, 0.2) is 0 Å². The van der Waals surface area contributed by atoms with Crippen LogP contribution in [0.2, 0.25) is 0 Å². The molecule has 0 aliphatic rings. The van der Waals surface area contributed by atoms with Crippen molar-refractivity contribution in [3.63, 3.8) is 0 Å². The van der Waals surface area contributed by atoms with Crippen LogP contribution in [0.15, 0.2) is 54.6 Å². The number of carbonyl (C=O) groups is 1. The fourth-order valence-corrected chi connectivity index (χ4v) is 2.90. The van der Waals surface area contributed by atoms with Crippen LogP contribution in [0.1, 0.15) is 34.2 Å². The number of aromatic nitrogens is 2. The van der Waals surface area contributed by atoms with Crippen molar-refractivity contribution >= 4 is 23.2 Å². The molecule has 3 aromatic rings. The number of nitriles is 1. The van der Waals surface area contributed by atoms with E-state index in [4.69, 9.17) is 0 Å². The van der Waals surface area contributed by atoms with Crippen molar-refractivity contribution in [1.82, 2.24) is 9.97 Å². The van der Waals surface area contributed by atoms with Crippen LogP contribution in [-0.2, 0) is 0 Å². The van der Waals surface area contributed by atoms with Crippen molar-refractivity contribution < 1.29 is 4.79 Å². The molecule has 0 spiro atoms. The van der Waals surface area contributed by atoms with Gasteiger partial charge < -0.3 is 10.2 Å². The van der Waals surface area contributed by atoms with Crippen LogP contribution in [0.4, 0.5) is 17.3 Å². The quantitative estimate of drug-likeness (QED) is 0.720. The lowest BCUT2D eigenvalue weighted by molar-refractivity contribution is 0.102. The first-order chi connectivity index (χ1) is 13.5. The van der Waals surface area contributed by atoms with Crippen LogP contribution in [0.25, 0.3) is 0 Å². The average molecular weight is 371 g/mol. The Morgan fingerprint density at radius 2 is 1.89 bits per heavy atom. The Morgan fingerprint density at radius 1 is 1.11 bits per heavy atom. The van der Waals surface area contributed by atoms with Gasteiger partial charge in [-0.2, -0.15) is 5.26 Å². The number of carbonyl (C=O) groups excluding carboxylic acids is 1. The third-order valence-electron chi connectivity index (χ3n) is 4.24. The largest absolute Gasteiger partial charge is 0.319 e. The third-order valence-corrected chi connectivity index (χ3v) is 4.24. The highest BCUT2D eigenvalue weighted by molar-refractivity contribution is 6.03. The molecule has 28 heavy (non-hydrogen) atoms. The van der Waals surface area contributed by atoms with Crippen molar-refractivity contribution in [3.05, 3.63) is 77.1 Å². The van der Waals surface area contributed by atoms with Gasteiger partial charge in [0, 0.05) is 17.9 Å². The van der Waals surface area contributed by atoms with Gasteiger partial charge in [0.05, 0.1) is 11.3 Å². The molecule has 6 heteroatoms. The minimum absolute atomic E-state index is 0.251. The van der Waals surface area contributed by atoms with Crippen molar-refractivity contribution in [2.75, 3.05) is 16.8 Å². The topological polar surface area (TPSA) is 81.9 Å². The van der Waals surface area contributed by atoms with E-state index in [1.165, 1.54) is 0 Å². The number of hydrogen-bond donors (Lipinski definition) is 1. The molecule has 0 aliphatic heterocycles. The van der Waals surface area contributed by atoms with E-state index in [-0.39, 0.29) is 11.6 Å². The fourth-order valence-electron chi connectivity index (χ4n) is 2.90. The van der Waals surface area contributed by atoms with E-state index in [1.807, 2.05) is 43.9 Å². The van der Waals surface area contributed by atoms with Gasteiger partial charge in [-0.15, -0.1) is 0 Å². The maximum atomic E-state index is 12.8. The Balaban J connectivity index is 1.94. The molecule has 0 unspecified atom stereocenters. The Bertz CT molecular complexity index is 1050. The van der Waals surface area contributed by atoms with Gasteiger partial charge >= 0.3 is 0 Å². The maximum Gasteiger partial charge on any atom is 0.274 e. The number of para-hydroxylation sites is 1. The van der Waals surface area contributed by atoms with Crippen molar-refractivity contribution in [3.8, 4) is 6.07 Å². The minimum Gasteiger partial charge on any atom is -0.319 e. The lowest BCUT2D eigenvalue weighted by Gasteiger charge is -2.22. The molecule has 0 saturated heterocycles. The zero-order chi connectivity index (χ0) is 20.1. The minimum atomic E-state index is -0.380. The number of nitrogens with zero attached hydrogens (tertiary/aromatic N) is 4. The fraction of sp³-hybridized carbons (Fsp3) is 0.182. The van der Waals surface area contributed by atoms with Gasteiger partial charge in [0.2, 0.25) is 5.95 Å². The van der Waals surface area contributed by atoms with E-state index in [0.717, 1.165) is 11.3 Å². The molecule has 140 valence electrons. The van der Waals surface area contributed by atoms with Crippen molar-refractivity contribution in [2.45, 2.75) is 20.8 Å². The summed E-state index contributed by atoms with van der Waals surface area (Å²) in [6, 6.07) is 18.6. The lowest BCUT2D eigenvalue weighted by Crippen LogP contribution is -2.22. The van der Waals surface area contributed by atoms with Gasteiger partial charge in [-0.05, 0) is 56.7 Å². The Hall–Kier alpha value is -3.72. The number of aryl methyl sites for hydroxylation is 2. The molecule has 1 N–H and O–H groups in total. The summed E-state index contributed by atoms with van der Waals surface area (Å²) in [6.07, 6.45) is 0. The molecule has 0 saturated carbocycles. The standard InChI is InChI=1S/C22H21N5O/c1-4-27(18-10-7-8-15(2)12-18)22-24-16(3)13-20(26-22)21(28)25-19-11-6-5-9-17(19)14-23/h5-13H,4H2,1-3H3,(H,25,28). The van der Waals surface area contributed by atoms with Gasteiger partial charge in [0.1, 0.15) is 11.8 Å². The highest BCUT2D eigenvalue weighted by atomic mass is 16.1. The van der Waals surface area contributed by atoms with Gasteiger partial charge in [0.25, 0.3) is 5.91 Å². The number of amides is 1. The van der Waals surface area contributed by atoms with Crippen molar-refractivity contribution in [1.29, 1.82) is 5.26 Å². The van der Waals surface area contributed by atoms with Crippen LogP contribution in [0.3, 0.4) is 0 Å². The number of benzene rings is 2. The van der Waals surface area contributed by atoms with Crippen LogP contribution < -0.4 is 10.2 Å². The highest BCUT2D eigenvalue weighted by Crippen LogP contribution is 2.24. The highest BCUT2D eigenvalue weighted by Gasteiger charge is 2.16. The smallest absolute Gasteiger partial charge is 0.274 e.